The number of carboxylic acids is 7. The van der Waals surface area contributed by atoms with Crippen LogP contribution in [0.4, 0.5) is 28.3 Å². The Morgan fingerprint density at radius 2 is 1.05 bits per heavy atom. The number of rotatable bonds is 45. The predicted octanol–water partition coefficient (Wildman–Crippen LogP) is 1.93. The molecule has 3 atom stereocenters. The molecule has 1 aromatic heterocycles. The first kappa shape index (κ1) is 76.8. The van der Waals surface area contributed by atoms with Gasteiger partial charge in [0.1, 0.15) is 12.1 Å². The van der Waals surface area contributed by atoms with E-state index in [0.717, 1.165) is 83.0 Å². The monoisotopic (exact) mass is 1300 g/mol. The molecule has 0 bridgehead atoms. The van der Waals surface area contributed by atoms with Gasteiger partial charge in [0, 0.05) is 116 Å². The fourth-order valence-corrected chi connectivity index (χ4v) is 10.6. The van der Waals surface area contributed by atoms with Gasteiger partial charge in [-0.3, -0.25) is 53.3 Å². The van der Waals surface area contributed by atoms with Crippen molar-refractivity contribution in [3.63, 3.8) is 0 Å². The highest BCUT2D eigenvalue weighted by molar-refractivity contribution is 5.86. The second-order valence-corrected chi connectivity index (χ2v) is 23.0. The number of amides is 3. The number of nitrogens with one attached hydrogen (secondary N) is 5. The number of anilines is 4. The number of carbonyl (C=O) groups excluding carboxylic acids is 2. The summed E-state index contributed by atoms with van der Waals surface area (Å²) in [5.74, 6) is -7.25. The Kier molecular flexibility index (Phi) is 36.8. The number of aromatic nitrogens is 3. The third kappa shape index (κ3) is 33.6. The quantitative estimate of drug-likeness (QED) is 0.0422. The lowest BCUT2D eigenvalue weighted by Crippen LogP contribution is -2.53. The lowest BCUT2D eigenvalue weighted by molar-refractivity contribution is -0.142. The van der Waals surface area contributed by atoms with Crippen LogP contribution in [0.5, 0.6) is 0 Å². The predicted molar refractivity (Wildman–Crippen MR) is 337 cm³/mol. The van der Waals surface area contributed by atoms with Crippen LogP contribution in [0, 0.1) is 0 Å². The van der Waals surface area contributed by atoms with Crippen LogP contribution in [0.2, 0.25) is 0 Å². The minimum absolute atomic E-state index is 0.0444. The number of carbonyl (C=O) groups is 9. The fraction of sp³-hybridized carbons (Fsp3) is 0.700. The van der Waals surface area contributed by atoms with Gasteiger partial charge in [-0.1, -0.05) is 57.6 Å². The first-order valence-corrected chi connectivity index (χ1v) is 31.9. The number of hydrogen-bond donors (Lipinski definition) is 12. The van der Waals surface area contributed by atoms with E-state index in [9.17, 15) is 73.8 Å². The van der Waals surface area contributed by atoms with Crippen LogP contribution in [0.3, 0.4) is 0 Å². The number of carboxylic acid groups (broad SMARTS) is 7. The molecule has 32 nitrogen and oxygen atoms in total. The molecule has 4 rings (SSSR count). The Morgan fingerprint density at radius 1 is 0.522 bits per heavy atom. The molecular weight excluding hydrogens is 1200 g/mol. The molecule has 2 aliphatic heterocycles. The van der Waals surface area contributed by atoms with E-state index in [4.69, 9.17) is 29.5 Å². The van der Waals surface area contributed by atoms with Gasteiger partial charge in [-0.15, -0.1) is 0 Å². The number of benzene rings is 1. The summed E-state index contributed by atoms with van der Waals surface area (Å²) in [6, 6.07) is 3.11. The van der Waals surface area contributed by atoms with E-state index in [0.29, 0.717) is 102 Å². The Morgan fingerprint density at radius 3 is 1.64 bits per heavy atom. The van der Waals surface area contributed by atoms with Crippen molar-refractivity contribution in [2.45, 2.75) is 128 Å². The smallest absolute Gasteiger partial charge is 0.326 e. The molecule has 3 amide bonds. The summed E-state index contributed by atoms with van der Waals surface area (Å²) >= 11 is 0. The van der Waals surface area contributed by atoms with Gasteiger partial charge < -0.3 is 76.7 Å². The molecule has 2 aromatic rings. The van der Waals surface area contributed by atoms with Crippen molar-refractivity contribution in [3.8, 4) is 0 Å². The van der Waals surface area contributed by atoms with Gasteiger partial charge in [0.05, 0.1) is 46.0 Å². The van der Waals surface area contributed by atoms with E-state index in [2.05, 4.69) is 36.4 Å². The highest BCUT2D eigenvalue weighted by Crippen LogP contribution is 2.22. The van der Waals surface area contributed by atoms with Crippen molar-refractivity contribution in [3.05, 3.63) is 29.8 Å². The minimum atomic E-state index is -1.49. The van der Waals surface area contributed by atoms with Gasteiger partial charge in [-0.05, 0) is 75.6 Å². The highest BCUT2D eigenvalue weighted by atomic mass is 16.5. The van der Waals surface area contributed by atoms with Crippen LogP contribution >= 0.6 is 0 Å². The maximum absolute atomic E-state index is 12.4. The van der Waals surface area contributed by atoms with Crippen molar-refractivity contribution in [1.82, 2.24) is 55.4 Å². The molecule has 12 N–H and O–H groups in total. The molecule has 2 fully saturated rings. The van der Waals surface area contributed by atoms with Crippen molar-refractivity contribution in [2.24, 2.45) is 0 Å². The molecule has 3 heterocycles. The van der Waals surface area contributed by atoms with Gasteiger partial charge in [-0.2, -0.15) is 15.0 Å². The summed E-state index contributed by atoms with van der Waals surface area (Å²) in [4.78, 5) is 132. The summed E-state index contributed by atoms with van der Waals surface area (Å²) in [6.45, 7) is 8.70. The van der Waals surface area contributed by atoms with E-state index in [1.165, 1.54) is 0 Å². The SMILES string of the molecule is CCCOCCOCCNc1nc(Nc2ccc(CC3CN(CC(=O)O)CCN(CC(=O)O)CCN(CC(=O)O)CCN3CC(=O)O)cc2)nc(N2CCN(CCCCCCCCCCC(=O)NCCCC[C@H](NC(=O)N[C@@H](CCC(=O)O)C(=O)O)C(=O)O)CC2)n1. The number of unbranched alkanes of at least 4 members (excludes halogenated alkanes) is 8. The molecule has 0 saturated carbocycles. The summed E-state index contributed by atoms with van der Waals surface area (Å²) in [6.07, 6.45) is 9.82. The van der Waals surface area contributed by atoms with E-state index < -0.39 is 72.4 Å². The molecular formula is C60H98N14O18. The molecule has 2 saturated heterocycles. The molecule has 0 radical (unpaired) electrons. The maximum atomic E-state index is 12.4. The number of piperazine rings is 1. The zero-order valence-corrected chi connectivity index (χ0v) is 53.1. The van der Waals surface area contributed by atoms with Crippen LogP contribution in [0.1, 0.15) is 109 Å². The lowest BCUT2D eigenvalue weighted by Gasteiger charge is -2.37. The fourth-order valence-electron chi connectivity index (χ4n) is 10.6. The first-order valence-electron chi connectivity index (χ1n) is 31.9. The highest BCUT2D eigenvalue weighted by Gasteiger charge is 2.29. The average molecular weight is 1300 g/mol. The van der Waals surface area contributed by atoms with E-state index in [1.807, 2.05) is 31.2 Å². The molecule has 0 spiro atoms. The molecule has 1 aromatic carbocycles. The Balaban J connectivity index is 1.25. The van der Waals surface area contributed by atoms with E-state index in [-0.39, 0.29) is 90.7 Å². The first-order chi connectivity index (χ1) is 44.1. The summed E-state index contributed by atoms with van der Waals surface area (Å²) in [5, 5.41) is 80.6. The second kappa shape index (κ2) is 44.0. The van der Waals surface area contributed by atoms with E-state index in [1.54, 1.807) is 19.6 Å². The summed E-state index contributed by atoms with van der Waals surface area (Å²) in [5.41, 5.74) is 1.48. The topological polar surface area (TPSA) is 432 Å². The Hall–Kier alpha value is -7.62. The lowest BCUT2D eigenvalue weighted by atomic mass is 10.0. The van der Waals surface area contributed by atoms with Crippen molar-refractivity contribution in [1.29, 1.82) is 0 Å². The Bertz CT molecular complexity index is 2590. The van der Waals surface area contributed by atoms with Gasteiger partial charge in [0.25, 0.3) is 0 Å². The third-order valence-corrected chi connectivity index (χ3v) is 15.5. The molecule has 92 heavy (non-hydrogen) atoms. The van der Waals surface area contributed by atoms with Crippen LogP contribution in [0.15, 0.2) is 24.3 Å². The Labute approximate surface area is 536 Å². The number of aliphatic carboxylic acids is 7. The van der Waals surface area contributed by atoms with Gasteiger partial charge in [-0.25, -0.2) is 14.4 Å². The van der Waals surface area contributed by atoms with Crippen molar-refractivity contribution >= 4 is 77.3 Å². The van der Waals surface area contributed by atoms with Crippen molar-refractivity contribution < 1.29 is 88.4 Å². The van der Waals surface area contributed by atoms with Crippen LogP contribution in [-0.2, 0) is 54.3 Å². The number of hydrogen-bond acceptors (Lipinski definition) is 22. The van der Waals surface area contributed by atoms with Crippen LogP contribution < -0.4 is 31.5 Å². The van der Waals surface area contributed by atoms with Gasteiger partial charge >= 0.3 is 47.8 Å². The number of ether oxygens (including phenoxy) is 2. The minimum Gasteiger partial charge on any atom is -0.481 e. The van der Waals surface area contributed by atoms with Crippen LogP contribution in [0.25, 0.3) is 0 Å². The largest absolute Gasteiger partial charge is 0.481 e. The van der Waals surface area contributed by atoms with Gasteiger partial charge in [0.2, 0.25) is 23.8 Å². The molecule has 0 aliphatic carbocycles. The molecule has 2 aliphatic rings. The number of nitrogens with zero attached hydrogens (tertiary/aromatic N) is 9. The van der Waals surface area contributed by atoms with Crippen LogP contribution in [-0.4, -0.2) is 291 Å². The zero-order valence-electron chi connectivity index (χ0n) is 53.1. The number of urea groups is 1. The van der Waals surface area contributed by atoms with Gasteiger partial charge in [0.15, 0.2) is 0 Å². The second-order valence-electron chi connectivity index (χ2n) is 23.0. The van der Waals surface area contributed by atoms with Crippen molar-refractivity contribution in [2.75, 3.05) is 160 Å². The molecule has 1 unspecified atom stereocenters. The summed E-state index contributed by atoms with van der Waals surface area (Å²) in [7, 11) is 0. The van der Waals surface area contributed by atoms with E-state index >= 15 is 0 Å². The summed E-state index contributed by atoms with van der Waals surface area (Å²) < 4.78 is 11.3. The zero-order chi connectivity index (χ0) is 67.0. The average Bonchev–Trinajstić information content (AvgIpc) is 1.30. The maximum Gasteiger partial charge on any atom is 0.326 e. The standard InChI is InChI=1S/C60H98N14O18/c1-2-34-91-36-37-92-35-22-62-57-66-58(63-45-17-15-44(16-18-45)38-46-39-72(42-53(82)83)27-26-70(40-51(78)79)24-25-71(41-52(80)81)30-33-74(46)43-54(84)85)68-59(67-57)73-31-28-69(29-32-73)23-12-8-6-4-3-5-7-9-14-49(75)61-21-11-10-13-47(55(86)87)64-60(90)65-48(56(88)89)19-20-50(76)77/h15-18,46-48H,2-14,19-43H2,1H3,(H,61,75)(H,76,77)(H,78,79)(H,80,81)(H,82,83)(H,84,85)(H,86,87)(H,88,89)(H2,64,65,90)(H2,62,63,66,67,68)/t46?,47-,48-/m0/s1. The molecule has 32 heteroatoms. The third-order valence-electron chi connectivity index (χ3n) is 15.5. The normalized spacial score (nSPS) is 16.5. The molecule has 516 valence electrons.